The van der Waals surface area contributed by atoms with Gasteiger partial charge in [0.25, 0.3) is 0 Å². The number of aromatic nitrogens is 3. The zero-order valence-electron chi connectivity index (χ0n) is 13.8. The first-order valence-corrected chi connectivity index (χ1v) is 8.99. The molecule has 0 saturated heterocycles. The first kappa shape index (κ1) is 17.7. The largest absolute Gasteiger partial charge is 0.360 e. The number of anilines is 2. The highest BCUT2D eigenvalue weighted by atomic mass is 32.2. The van der Waals surface area contributed by atoms with Crippen molar-refractivity contribution in [3.8, 4) is 0 Å². The van der Waals surface area contributed by atoms with Crippen molar-refractivity contribution < 1.29 is 9.32 Å². The molecule has 7 nitrogen and oxygen atoms in total. The van der Waals surface area contributed by atoms with E-state index in [2.05, 4.69) is 46.8 Å². The van der Waals surface area contributed by atoms with Gasteiger partial charge in [0.1, 0.15) is 5.76 Å². The molecule has 2 aromatic rings. The summed E-state index contributed by atoms with van der Waals surface area (Å²) >= 11 is 2.85. The number of nitrogens with one attached hydrogen (secondary N) is 2. The third kappa shape index (κ3) is 5.51. The number of aryl methyl sites for hydroxylation is 1. The van der Waals surface area contributed by atoms with Crippen LogP contribution in [-0.4, -0.2) is 32.1 Å². The van der Waals surface area contributed by atoms with E-state index in [1.807, 2.05) is 6.92 Å². The average molecular weight is 355 g/mol. The van der Waals surface area contributed by atoms with Gasteiger partial charge in [-0.05, 0) is 34.1 Å². The van der Waals surface area contributed by atoms with Crippen LogP contribution in [0.15, 0.2) is 14.9 Å². The van der Waals surface area contributed by atoms with Crippen LogP contribution in [0.3, 0.4) is 0 Å². The van der Waals surface area contributed by atoms with Crippen molar-refractivity contribution in [2.75, 3.05) is 10.6 Å². The lowest BCUT2D eigenvalue weighted by atomic mass is 10.1. The average Bonchev–Trinajstić information content (AvgIpc) is 3.03. The fourth-order valence-electron chi connectivity index (χ4n) is 1.70. The summed E-state index contributed by atoms with van der Waals surface area (Å²) in [7, 11) is 0. The topological polar surface area (TPSA) is 92.9 Å². The van der Waals surface area contributed by atoms with E-state index in [9.17, 15) is 4.79 Å². The van der Waals surface area contributed by atoms with E-state index in [1.54, 1.807) is 13.0 Å². The normalized spacial score (nSPS) is 12.9. The van der Waals surface area contributed by atoms with Crippen LogP contribution in [0.25, 0.3) is 0 Å². The molecule has 0 spiro atoms. The van der Waals surface area contributed by atoms with E-state index in [0.29, 0.717) is 18.0 Å². The van der Waals surface area contributed by atoms with Crippen molar-refractivity contribution in [3.05, 3.63) is 11.8 Å². The minimum Gasteiger partial charge on any atom is -0.360 e. The number of carbonyl (C=O) groups is 1. The van der Waals surface area contributed by atoms with Crippen molar-refractivity contribution in [3.63, 3.8) is 0 Å². The lowest BCUT2D eigenvalue weighted by molar-refractivity contribution is -0.115. The molecule has 0 aliphatic carbocycles. The van der Waals surface area contributed by atoms with Gasteiger partial charge >= 0.3 is 0 Å². The second-order valence-electron chi connectivity index (χ2n) is 6.07. The molecule has 2 N–H and O–H groups in total. The van der Waals surface area contributed by atoms with Gasteiger partial charge in [0.2, 0.25) is 11.0 Å². The summed E-state index contributed by atoms with van der Waals surface area (Å²) in [5.41, 5.74) is -0.0756. The van der Waals surface area contributed by atoms with Crippen molar-refractivity contribution in [1.29, 1.82) is 0 Å². The monoisotopic (exact) mass is 355 g/mol. The predicted molar refractivity (Wildman–Crippen MR) is 93.1 cm³/mol. The molecule has 0 unspecified atom stereocenters. The molecule has 23 heavy (non-hydrogen) atoms. The molecule has 2 heterocycles. The SMILES string of the molecule is CC[C@@H](Sc1nnc(NC(C)(C)C)s1)C(=O)Nc1cc(C)on1. The molecule has 0 aromatic carbocycles. The second kappa shape index (κ2) is 7.31. The van der Waals surface area contributed by atoms with E-state index < -0.39 is 0 Å². The Bertz CT molecular complexity index is 662. The minimum atomic E-state index is -0.262. The molecular formula is C14H21N5O2S2. The molecule has 9 heteroatoms. The Balaban J connectivity index is 1.97. The maximum absolute atomic E-state index is 12.3. The summed E-state index contributed by atoms with van der Waals surface area (Å²) in [6.07, 6.45) is 0.676. The molecule has 2 aromatic heterocycles. The first-order valence-electron chi connectivity index (χ1n) is 7.29. The quantitative estimate of drug-likeness (QED) is 0.765. The highest BCUT2D eigenvalue weighted by Crippen LogP contribution is 2.31. The van der Waals surface area contributed by atoms with Gasteiger partial charge in [-0.1, -0.05) is 35.2 Å². The number of amides is 1. The smallest absolute Gasteiger partial charge is 0.239 e. The number of hydrogen-bond donors (Lipinski definition) is 2. The van der Waals surface area contributed by atoms with Crippen LogP contribution < -0.4 is 10.6 Å². The van der Waals surface area contributed by atoms with E-state index in [-0.39, 0.29) is 16.7 Å². The number of carbonyl (C=O) groups excluding carboxylic acids is 1. The van der Waals surface area contributed by atoms with Crippen molar-refractivity contribution in [1.82, 2.24) is 15.4 Å². The Morgan fingerprint density at radius 1 is 1.43 bits per heavy atom. The van der Waals surface area contributed by atoms with Gasteiger partial charge in [0.05, 0.1) is 5.25 Å². The predicted octanol–water partition coefficient (Wildman–Crippen LogP) is 3.55. The van der Waals surface area contributed by atoms with Crippen LogP contribution in [0.1, 0.15) is 39.9 Å². The highest BCUT2D eigenvalue weighted by Gasteiger charge is 2.22. The van der Waals surface area contributed by atoms with Gasteiger partial charge in [0.15, 0.2) is 10.2 Å². The fourth-order valence-corrected chi connectivity index (χ4v) is 3.83. The van der Waals surface area contributed by atoms with Crippen LogP contribution in [-0.2, 0) is 4.79 Å². The van der Waals surface area contributed by atoms with E-state index >= 15 is 0 Å². The van der Waals surface area contributed by atoms with Crippen molar-refractivity contribution in [2.45, 2.75) is 56.2 Å². The van der Waals surface area contributed by atoms with Crippen LogP contribution in [0.2, 0.25) is 0 Å². The molecule has 0 radical (unpaired) electrons. The zero-order valence-corrected chi connectivity index (χ0v) is 15.5. The number of rotatable bonds is 6. The Morgan fingerprint density at radius 2 is 2.17 bits per heavy atom. The summed E-state index contributed by atoms with van der Waals surface area (Å²) in [6, 6.07) is 1.69. The summed E-state index contributed by atoms with van der Waals surface area (Å²) in [4.78, 5) is 12.3. The molecule has 126 valence electrons. The summed E-state index contributed by atoms with van der Waals surface area (Å²) < 4.78 is 5.71. The maximum atomic E-state index is 12.3. The van der Waals surface area contributed by atoms with E-state index in [0.717, 1.165) is 9.47 Å². The van der Waals surface area contributed by atoms with Gasteiger partial charge < -0.3 is 15.2 Å². The number of thioether (sulfide) groups is 1. The van der Waals surface area contributed by atoms with Gasteiger partial charge in [-0.25, -0.2) is 0 Å². The lowest BCUT2D eigenvalue weighted by Crippen LogP contribution is -2.25. The molecule has 0 saturated carbocycles. The van der Waals surface area contributed by atoms with Gasteiger partial charge in [0, 0.05) is 11.6 Å². The minimum absolute atomic E-state index is 0.0756. The van der Waals surface area contributed by atoms with Gasteiger partial charge in [-0.3, -0.25) is 4.79 Å². The first-order chi connectivity index (χ1) is 10.8. The lowest BCUT2D eigenvalue weighted by Gasteiger charge is -2.18. The molecule has 0 fully saturated rings. The Hall–Kier alpha value is -1.61. The Kier molecular flexibility index (Phi) is 5.64. The molecule has 0 aliphatic rings. The van der Waals surface area contributed by atoms with E-state index in [1.165, 1.54) is 23.1 Å². The Morgan fingerprint density at radius 3 is 2.74 bits per heavy atom. The second-order valence-corrected chi connectivity index (χ2v) is 8.50. The maximum Gasteiger partial charge on any atom is 0.239 e. The highest BCUT2D eigenvalue weighted by molar-refractivity contribution is 8.02. The van der Waals surface area contributed by atoms with Crippen molar-refractivity contribution in [2.24, 2.45) is 0 Å². The summed E-state index contributed by atoms with van der Waals surface area (Å²) in [5.74, 6) is 0.966. The van der Waals surface area contributed by atoms with Gasteiger partial charge in [-0.2, -0.15) is 0 Å². The molecule has 1 amide bonds. The molecular weight excluding hydrogens is 334 g/mol. The van der Waals surface area contributed by atoms with E-state index in [4.69, 9.17) is 4.52 Å². The summed E-state index contributed by atoms with van der Waals surface area (Å²) in [5, 5.41) is 18.5. The molecule has 0 bridgehead atoms. The summed E-state index contributed by atoms with van der Waals surface area (Å²) in [6.45, 7) is 9.91. The van der Waals surface area contributed by atoms with Crippen LogP contribution in [0, 0.1) is 6.92 Å². The van der Waals surface area contributed by atoms with Gasteiger partial charge in [-0.15, -0.1) is 10.2 Å². The van der Waals surface area contributed by atoms with Crippen LogP contribution >= 0.6 is 23.1 Å². The van der Waals surface area contributed by atoms with Crippen LogP contribution in [0.5, 0.6) is 0 Å². The van der Waals surface area contributed by atoms with Crippen molar-refractivity contribution >= 4 is 40.0 Å². The van der Waals surface area contributed by atoms with Crippen LogP contribution in [0.4, 0.5) is 10.9 Å². The number of hydrogen-bond acceptors (Lipinski definition) is 8. The molecule has 2 rings (SSSR count). The Labute approximate surface area is 143 Å². The zero-order chi connectivity index (χ0) is 17.0. The number of nitrogens with zero attached hydrogens (tertiary/aromatic N) is 3. The fraction of sp³-hybridized carbons (Fsp3) is 0.571. The molecule has 0 aliphatic heterocycles. The third-order valence-electron chi connectivity index (χ3n) is 2.67. The molecule has 1 atom stereocenters. The standard InChI is InChI=1S/C14H21N5O2S2/c1-6-9(11(20)15-10-7-8(2)21-19-10)22-13-18-17-12(23-13)16-14(3,4)5/h7,9H,6H2,1-5H3,(H,16,17)(H,15,19,20)/t9-/m1/s1. The third-order valence-corrected chi connectivity index (χ3v) is 4.96.